The number of benzene rings is 2. The average Bonchev–Trinajstić information content (AvgIpc) is 2.49. The Labute approximate surface area is 121 Å². The highest BCUT2D eigenvalue weighted by atomic mass is 16.4. The molecule has 0 aliphatic carbocycles. The first-order valence-corrected chi connectivity index (χ1v) is 6.59. The molecular weight excluding hydrogens is 266 g/mol. The van der Waals surface area contributed by atoms with E-state index in [2.05, 4.69) is 5.32 Å². The van der Waals surface area contributed by atoms with Crippen molar-refractivity contribution in [2.75, 3.05) is 5.32 Å². The summed E-state index contributed by atoms with van der Waals surface area (Å²) in [4.78, 5) is 23.8. The second-order valence-corrected chi connectivity index (χ2v) is 4.70. The molecule has 0 radical (unpaired) electrons. The van der Waals surface area contributed by atoms with Crippen molar-refractivity contribution in [3.8, 4) is 0 Å². The first-order chi connectivity index (χ1) is 10.2. The van der Waals surface area contributed by atoms with Gasteiger partial charge in [-0.15, -0.1) is 0 Å². The lowest BCUT2D eigenvalue weighted by atomic mass is 10.1. The van der Waals surface area contributed by atoms with Crippen LogP contribution in [-0.2, 0) is 11.2 Å². The molecule has 0 atom stereocenters. The third-order valence-electron chi connectivity index (χ3n) is 3.12. The lowest BCUT2D eigenvalue weighted by Crippen LogP contribution is -2.19. The summed E-state index contributed by atoms with van der Waals surface area (Å²) in [5.74, 6) is -0.246. The highest BCUT2D eigenvalue weighted by Gasteiger charge is 2.09. The molecule has 0 aliphatic rings. The Bertz CT molecular complexity index is 837. The number of nitrogens with one attached hydrogen (secondary N) is 1. The van der Waals surface area contributed by atoms with Crippen molar-refractivity contribution < 1.29 is 9.21 Å². The number of amides is 1. The molecule has 4 nitrogen and oxygen atoms in total. The summed E-state index contributed by atoms with van der Waals surface area (Å²) >= 11 is 0. The summed E-state index contributed by atoms with van der Waals surface area (Å²) in [5.41, 5.74) is 1.01. The SMILES string of the molecule is O=C(Cc1ccccc1)Nc1cc2ccccc2oc1=O. The van der Waals surface area contributed by atoms with E-state index in [4.69, 9.17) is 4.42 Å². The van der Waals surface area contributed by atoms with Gasteiger partial charge in [-0.2, -0.15) is 0 Å². The fourth-order valence-corrected chi connectivity index (χ4v) is 2.12. The molecule has 0 saturated carbocycles. The Morgan fingerprint density at radius 1 is 1.00 bits per heavy atom. The van der Waals surface area contributed by atoms with Gasteiger partial charge in [0.15, 0.2) is 0 Å². The summed E-state index contributed by atoms with van der Waals surface area (Å²) in [7, 11) is 0. The number of carbonyl (C=O) groups excluding carboxylic acids is 1. The van der Waals surface area contributed by atoms with Crippen molar-refractivity contribution >= 4 is 22.6 Å². The molecule has 3 rings (SSSR count). The van der Waals surface area contributed by atoms with Gasteiger partial charge in [0.1, 0.15) is 11.3 Å². The molecule has 1 N–H and O–H groups in total. The van der Waals surface area contributed by atoms with Gasteiger partial charge >= 0.3 is 5.63 Å². The third kappa shape index (κ3) is 3.00. The van der Waals surface area contributed by atoms with Crippen LogP contribution in [0.4, 0.5) is 5.69 Å². The van der Waals surface area contributed by atoms with E-state index in [0.717, 1.165) is 10.9 Å². The van der Waals surface area contributed by atoms with Crippen LogP contribution in [0.25, 0.3) is 11.0 Å². The quantitative estimate of drug-likeness (QED) is 0.750. The van der Waals surface area contributed by atoms with Crippen molar-refractivity contribution in [2.24, 2.45) is 0 Å². The second-order valence-electron chi connectivity index (χ2n) is 4.70. The molecule has 104 valence electrons. The van der Waals surface area contributed by atoms with E-state index in [0.29, 0.717) is 5.58 Å². The average molecular weight is 279 g/mol. The number of rotatable bonds is 3. The first-order valence-electron chi connectivity index (χ1n) is 6.59. The lowest BCUT2D eigenvalue weighted by Gasteiger charge is -2.05. The minimum absolute atomic E-state index is 0.162. The maximum Gasteiger partial charge on any atom is 0.360 e. The standard InChI is InChI=1S/C17H13NO3/c19-16(10-12-6-2-1-3-7-12)18-14-11-13-8-4-5-9-15(13)21-17(14)20/h1-9,11H,10H2,(H,18,19). The fraction of sp³-hybridized carbons (Fsp3) is 0.0588. The van der Waals surface area contributed by atoms with Gasteiger partial charge < -0.3 is 9.73 Å². The molecule has 1 amide bonds. The van der Waals surface area contributed by atoms with Crippen molar-refractivity contribution in [1.82, 2.24) is 0 Å². The molecule has 0 fully saturated rings. The van der Waals surface area contributed by atoms with E-state index in [-0.39, 0.29) is 18.0 Å². The van der Waals surface area contributed by atoms with Gasteiger partial charge in [-0.25, -0.2) is 4.79 Å². The molecular formula is C17H13NO3. The maximum absolute atomic E-state index is 12.0. The van der Waals surface area contributed by atoms with Crippen molar-refractivity contribution in [3.05, 3.63) is 76.6 Å². The van der Waals surface area contributed by atoms with Gasteiger partial charge in [0, 0.05) is 5.39 Å². The molecule has 0 spiro atoms. The zero-order valence-corrected chi connectivity index (χ0v) is 11.2. The van der Waals surface area contributed by atoms with E-state index in [1.807, 2.05) is 42.5 Å². The maximum atomic E-state index is 12.0. The van der Waals surface area contributed by atoms with Crippen molar-refractivity contribution in [1.29, 1.82) is 0 Å². The van der Waals surface area contributed by atoms with Crippen LogP contribution >= 0.6 is 0 Å². The van der Waals surface area contributed by atoms with Gasteiger partial charge in [0.05, 0.1) is 6.42 Å². The largest absolute Gasteiger partial charge is 0.421 e. The van der Waals surface area contributed by atoms with E-state index < -0.39 is 5.63 Å². The molecule has 0 aliphatic heterocycles. The molecule has 4 heteroatoms. The number of para-hydroxylation sites is 1. The normalized spacial score (nSPS) is 10.5. The molecule has 0 saturated heterocycles. The number of hydrogen-bond acceptors (Lipinski definition) is 3. The molecule has 21 heavy (non-hydrogen) atoms. The van der Waals surface area contributed by atoms with Crippen molar-refractivity contribution in [3.63, 3.8) is 0 Å². The predicted molar refractivity (Wildman–Crippen MR) is 81.3 cm³/mol. The molecule has 1 heterocycles. The Hall–Kier alpha value is -2.88. The van der Waals surface area contributed by atoms with Crippen LogP contribution in [0.3, 0.4) is 0 Å². The predicted octanol–water partition coefficient (Wildman–Crippen LogP) is 2.97. The van der Waals surface area contributed by atoms with Crippen LogP contribution in [0.1, 0.15) is 5.56 Å². The summed E-state index contributed by atoms with van der Waals surface area (Å²) in [6.45, 7) is 0. The van der Waals surface area contributed by atoms with Crippen LogP contribution in [0.5, 0.6) is 0 Å². The van der Waals surface area contributed by atoms with Gasteiger partial charge in [0.25, 0.3) is 0 Å². The Kier molecular flexibility index (Phi) is 3.51. The van der Waals surface area contributed by atoms with Crippen molar-refractivity contribution in [2.45, 2.75) is 6.42 Å². The lowest BCUT2D eigenvalue weighted by molar-refractivity contribution is -0.115. The van der Waals surface area contributed by atoms with E-state index >= 15 is 0 Å². The van der Waals surface area contributed by atoms with Gasteiger partial charge in [-0.05, 0) is 17.7 Å². The molecule has 0 unspecified atom stereocenters. The Morgan fingerprint density at radius 2 is 1.71 bits per heavy atom. The summed E-state index contributed by atoms with van der Waals surface area (Å²) < 4.78 is 5.17. The van der Waals surface area contributed by atoms with E-state index in [1.165, 1.54) is 0 Å². The smallest absolute Gasteiger partial charge is 0.360 e. The van der Waals surface area contributed by atoms with E-state index in [9.17, 15) is 9.59 Å². The fourth-order valence-electron chi connectivity index (χ4n) is 2.12. The minimum Gasteiger partial charge on any atom is -0.421 e. The van der Waals surface area contributed by atoms with E-state index in [1.54, 1.807) is 18.2 Å². The van der Waals surface area contributed by atoms with Gasteiger partial charge in [0.2, 0.25) is 5.91 Å². The highest BCUT2D eigenvalue weighted by Crippen LogP contribution is 2.15. The molecule has 2 aromatic carbocycles. The summed E-state index contributed by atoms with van der Waals surface area (Å²) in [6.07, 6.45) is 0.215. The zero-order chi connectivity index (χ0) is 14.7. The molecule has 3 aromatic rings. The van der Waals surface area contributed by atoms with Crippen LogP contribution in [0.2, 0.25) is 0 Å². The van der Waals surface area contributed by atoms with Gasteiger partial charge in [-0.3, -0.25) is 4.79 Å². The number of carbonyl (C=O) groups is 1. The summed E-state index contributed by atoms with van der Waals surface area (Å²) in [5, 5.41) is 3.38. The van der Waals surface area contributed by atoms with Gasteiger partial charge in [-0.1, -0.05) is 48.5 Å². The summed E-state index contributed by atoms with van der Waals surface area (Å²) in [6, 6.07) is 18.2. The minimum atomic E-state index is -0.546. The Morgan fingerprint density at radius 3 is 2.52 bits per heavy atom. The second kappa shape index (κ2) is 5.63. The number of hydrogen-bond donors (Lipinski definition) is 1. The highest BCUT2D eigenvalue weighted by molar-refractivity contribution is 5.93. The first kappa shape index (κ1) is 13.1. The monoisotopic (exact) mass is 279 g/mol. The number of fused-ring (bicyclic) bond motifs is 1. The zero-order valence-electron chi connectivity index (χ0n) is 11.2. The van der Waals surface area contributed by atoms with Crippen LogP contribution in [0, 0.1) is 0 Å². The van der Waals surface area contributed by atoms with Crippen LogP contribution in [-0.4, -0.2) is 5.91 Å². The third-order valence-corrected chi connectivity index (χ3v) is 3.12. The topological polar surface area (TPSA) is 59.3 Å². The number of anilines is 1. The Balaban J connectivity index is 1.83. The van der Waals surface area contributed by atoms with Crippen LogP contribution in [0.15, 0.2) is 69.9 Å². The van der Waals surface area contributed by atoms with Crippen LogP contribution < -0.4 is 10.9 Å². The molecule has 1 aromatic heterocycles. The molecule has 0 bridgehead atoms.